The third-order valence-electron chi connectivity index (χ3n) is 7.76. The van der Waals surface area contributed by atoms with E-state index in [-0.39, 0.29) is 23.7 Å². The zero-order valence-corrected chi connectivity index (χ0v) is 20.6. The van der Waals surface area contributed by atoms with Crippen LogP contribution in [-0.2, 0) is 20.7 Å². The smallest absolute Gasteiger partial charge is 0.266 e. The molecule has 11 heteroatoms. The van der Waals surface area contributed by atoms with E-state index < -0.39 is 41.3 Å². The molecule has 2 heterocycles. The molecular weight excluding hydrogens is 504 g/mol. The number of aromatic nitrogens is 2. The van der Waals surface area contributed by atoms with Gasteiger partial charge >= 0.3 is 0 Å². The molecule has 1 aromatic heterocycles. The minimum Gasteiger partial charge on any atom is -0.352 e. The molecule has 3 saturated carbocycles. The number of ether oxygens (including phenoxy) is 2. The van der Waals surface area contributed by atoms with Gasteiger partial charge in [-0.25, -0.2) is 27.5 Å². The van der Waals surface area contributed by atoms with Gasteiger partial charge in [-0.15, -0.1) is 6.42 Å². The SMILES string of the molecule is C#CC(Nc1ncnc(CC(=O)NC23CCC(F)(CC2)CC3)c1C1OCCO1)c1cccc(C(F)F)c1F. The molecule has 1 unspecified atom stereocenters. The van der Waals surface area contributed by atoms with Crippen molar-refractivity contribution in [1.29, 1.82) is 0 Å². The summed E-state index contributed by atoms with van der Waals surface area (Å²) in [4.78, 5) is 21.7. The number of rotatable bonds is 8. The van der Waals surface area contributed by atoms with Gasteiger partial charge in [0.1, 0.15) is 29.7 Å². The van der Waals surface area contributed by atoms with E-state index in [1.54, 1.807) is 0 Å². The molecule has 2 bridgehead atoms. The van der Waals surface area contributed by atoms with E-state index >= 15 is 0 Å². The average molecular weight is 533 g/mol. The van der Waals surface area contributed by atoms with Gasteiger partial charge < -0.3 is 20.1 Å². The van der Waals surface area contributed by atoms with Crippen LogP contribution in [0.1, 0.15) is 79.7 Å². The van der Waals surface area contributed by atoms with Crippen LogP contribution in [0, 0.1) is 18.2 Å². The van der Waals surface area contributed by atoms with E-state index in [0.717, 1.165) is 6.07 Å². The van der Waals surface area contributed by atoms with Gasteiger partial charge in [-0.2, -0.15) is 0 Å². The van der Waals surface area contributed by atoms with Crippen LogP contribution < -0.4 is 10.6 Å². The molecule has 202 valence electrons. The van der Waals surface area contributed by atoms with Gasteiger partial charge in [0.05, 0.1) is 36.5 Å². The number of alkyl halides is 3. The summed E-state index contributed by atoms with van der Waals surface area (Å²) in [5, 5.41) is 6.02. The van der Waals surface area contributed by atoms with Crippen molar-refractivity contribution in [3.8, 4) is 12.3 Å². The summed E-state index contributed by atoms with van der Waals surface area (Å²) in [7, 11) is 0. The molecule has 4 fully saturated rings. The fraction of sp³-hybridized carbons (Fsp3) is 0.519. The van der Waals surface area contributed by atoms with Gasteiger partial charge in [0, 0.05) is 11.1 Å². The second-order valence-electron chi connectivity index (χ2n) is 10.1. The predicted molar refractivity (Wildman–Crippen MR) is 129 cm³/mol. The van der Waals surface area contributed by atoms with Crippen LogP contribution in [0.5, 0.6) is 0 Å². The van der Waals surface area contributed by atoms with E-state index in [2.05, 4.69) is 26.5 Å². The minimum absolute atomic E-state index is 0.131. The van der Waals surface area contributed by atoms with Gasteiger partial charge in [-0.3, -0.25) is 4.79 Å². The van der Waals surface area contributed by atoms with Gasteiger partial charge in [0.25, 0.3) is 6.43 Å². The first kappa shape index (κ1) is 26.4. The molecule has 0 radical (unpaired) electrons. The number of nitrogens with zero attached hydrogens (tertiary/aromatic N) is 2. The lowest BCUT2D eigenvalue weighted by atomic mass is 9.64. The number of anilines is 1. The molecule has 2 aromatic rings. The van der Waals surface area contributed by atoms with Crippen molar-refractivity contribution in [1.82, 2.24) is 15.3 Å². The maximum Gasteiger partial charge on any atom is 0.266 e. The molecule has 1 aromatic carbocycles. The van der Waals surface area contributed by atoms with Crippen LogP contribution >= 0.6 is 0 Å². The molecule has 38 heavy (non-hydrogen) atoms. The highest BCUT2D eigenvalue weighted by atomic mass is 19.3. The third-order valence-corrected chi connectivity index (χ3v) is 7.76. The summed E-state index contributed by atoms with van der Waals surface area (Å²) in [6.07, 6.45) is 5.87. The summed E-state index contributed by atoms with van der Waals surface area (Å²) in [6.45, 7) is 0.588. The third kappa shape index (κ3) is 5.20. The highest BCUT2D eigenvalue weighted by Crippen LogP contribution is 2.49. The van der Waals surface area contributed by atoms with Gasteiger partial charge in [-0.05, 0) is 38.5 Å². The molecule has 1 amide bonds. The fourth-order valence-corrected chi connectivity index (χ4v) is 5.59. The Morgan fingerprint density at radius 3 is 2.39 bits per heavy atom. The zero-order chi connectivity index (χ0) is 26.9. The number of hydrogen-bond acceptors (Lipinski definition) is 6. The summed E-state index contributed by atoms with van der Waals surface area (Å²) < 4.78 is 67.3. The number of carbonyl (C=O) groups excluding carboxylic acids is 1. The number of carbonyl (C=O) groups is 1. The molecular formula is C27H28F4N4O3. The Kier molecular flexibility index (Phi) is 7.29. The highest BCUT2D eigenvalue weighted by molar-refractivity contribution is 5.80. The molecule has 1 aliphatic heterocycles. The number of halogens is 4. The van der Waals surface area contributed by atoms with Gasteiger partial charge in [0.15, 0.2) is 6.29 Å². The number of terminal acetylenes is 1. The second-order valence-corrected chi connectivity index (χ2v) is 10.1. The molecule has 7 nitrogen and oxygen atoms in total. The number of nitrogens with one attached hydrogen (secondary N) is 2. The Morgan fingerprint density at radius 1 is 1.11 bits per heavy atom. The summed E-state index contributed by atoms with van der Waals surface area (Å²) in [5.41, 5.74) is -1.83. The fourth-order valence-electron chi connectivity index (χ4n) is 5.59. The number of hydrogen-bond donors (Lipinski definition) is 2. The first-order valence-corrected chi connectivity index (χ1v) is 12.6. The summed E-state index contributed by atoms with van der Waals surface area (Å²) in [6, 6.07) is 2.45. The molecule has 6 rings (SSSR count). The number of fused-ring (bicyclic) bond motifs is 3. The van der Waals surface area contributed by atoms with Crippen LogP contribution in [0.4, 0.5) is 23.4 Å². The predicted octanol–water partition coefficient (Wildman–Crippen LogP) is 4.86. The Bertz CT molecular complexity index is 1220. The Balaban J connectivity index is 1.41. The van der Waals surface area contributed by atoms with Crippen LogP contribution in [-0.4, -0.2) is 40.3 Å². The lowest BCUT2D eigenvalue weighted by Crippen LogP contribution is -2.57. The molecule has 1 atom stereocenters. The molecule has 1 saturated heterocycles. The van der Waals surface area contributed by atoms with E-state index in [4.69, 9.17) is 15.9 Å². The normalized spacial score (nSPS) is 25.8. The zero-order valence-electron chi connectivity index (χ0n) is 20.6. The highest BCUT2D eigenvalue weighted by Gasteiger charge is 2.49. The van der Waals surface area contributed by atoms with Crippen molar-refractivity contribution >= 4 is 11.7 Å². The first-order valence-electron chi connectivity index (χ1n) is 12.6. The summed E-state index contributed by atoms with van der Waals surface area (Å²) >= 11 is 0. The monoisotopic (exact) mass is 532 g/mol. The van der Waals surface area contributed by atoms with Crippen molar-refractivity contribution in [2.24, 2.45) is 0 Å². The van der Waals surface area contributed by atoms with Crippen LogP contribution in [0.25, 0.3) is 0 Å². The van der Waals surface area contributed by atoms with Crippen molar-refractivity contribution < 1.29 is 31.8 Å². The maximum absolute atomic E-state index is 14.9. The first-order chi connectivity index (χ1) is 18.2. The average Bonchev–Trinajstić information content (AvgIpc) is 3.43. The van der Waals surface area contributed by atoms with Gasteiger partial charge in [-0.1, -0.05) is 24.1 Å². The van der Waals surface area contributed by atoms with E-state index in [9.17, 15) is 22.4 Å². The van der Waals surface area contributed by atoms with Crippen molar-refractivity contribution in [2.75, 3.05) is 18.5 Å². The lowest BCUT2D eigenvalue weighted by molar-refractivity contribution is -0.125. The van der Waals surface area contributed by atoms with Crippen molar-refractivity contribution in [2.45, 2.75) is 74.9 Å². The number of amides is 1. The molecule has 0 spiro atoms. The quantitative estimate of drug-likeness (QED) is 0.373. The standard InChI is InChI=1S/C27H28F4N4O3/c1-2-18(16-4-3-5-17(22(16)28)23(29)30)34-24-21(25-37-12-13-38-25)19(32-15-33-24)14-20(36)35-27-9-6-26(31,7-10-27)8-11-27/h1,3-5,15,18,23,25H,6-14H2,(H,35,36)(H,32,33,34). The molecule has 3 aliphatic carbocycles. The lowest BCUT2D eigenvalue weighted by Gasteiger charge is -2.50. The van der Waals surface area contributed by atoms with Crippen molar-refractivity contribution in [3.05, 3.63) is 52.7 Å². The molecule has 4 aliphatic rings. The van der Waals surface area contributed by atoms with Crippen molar-refractivity contribution in [3.63, 3.8) is 0 Å². The Labute approximate surface area is 217 Å². The van der Waals surface area contributed by atoms with E-state index in [1.807, 2.05) is 0 Å². The molecule has 2 N–H and O–H groups in total. The van der Waals surface area contributed by atoms with Crippen LogP contribution in [0.15, 0.2) is 24.5 Å². The van der Waals surface area contributed by atoms with Gasteiger partial charge in [0.2, 0.25) is 5.91 Å². The van der Waals surface area contributed by atoms with E-state index in [0.29, 0.717) is 63.0 Å². The Hall–Kier alpha value is -3.23. The number of benzene rings is 1. The van der Waals surface area contributed by atoms with Crippen LogP contribution in [0.2, 0.25) is 0 Å². The van der Waals surface area contributed by atoms with E-state index in [1.165, 1.54) is 18.5 Å². The largest absolute Gasteiger partial charge is 0.352 e. The topological polar surface area (TPSA) is 85.4 Å². The second kappa shape index (κ2) is 10.5. The summed E-state index contributed by atoms with van der Waals surface area (Å²) in [5.74, 6) is 1.11. The minimum atomic E-state index is -3.01. The van der Waals surface area contributed by atoms with Crippen LogP contribution in [0.3, 0.4) is 0 Å². The Morgan fingerprint density at radius 2 is 1.76 bits per heavy atom. The maximum atomic E-state index is 14.9.